The van der Waals surface area contributed by atoms with Crippen molar-refractivity contribution in [3.63, 3.8) is 0 Å². The normalized spacial score (nSPS) is 25.1. The van der Waals surface area contributed by atoms with E-state index in [1.807, 2.05) is 0 Å². The second kappa shape index (κ2) is 6.93. The Morgan fingerprint density at radius 3 is 2.71 bits per heavy atom. The van der Waals surface area contributed by atoms with Crippen LogP contribution in [0.4, 0.5) is 5.69 Å². The summed E-state index contributed by atoms with van der Waals surface area (Å²) in [6.07, 6.45) is 1.23. The van der Waals surface area contributed by atoms with Gasteiger partial charge in [0.1, 0.15) is 6.07 Å². The molecular formula is C16H21ClN3O+. The molecule has 0 aromatic heterocycles. The Balaban J connectivity index is 1.99. The number of likely N-dealkylation sites (tertiary alicyclic amines) is 1. The molecule has 112 valence electrons. The summed E-state index contributed by atoms with van der Waals surface area (Å²) in [5.74, 6) is 1.24. The second-order valence-corrected chi connectivity index (χ2v) is 6.57. The zero-order valence-electron chi connectivity index (χ0n) is 12.4. The molecule has 5 heteroatoms. The van der Waals surface area contributed by atoms with Crippen molar-refractivity contribution < 1.29 is 9.69 Å². The van der Waals surface area contributed by atoms with Crippen LogP contribution in [0.1, 0.15) is 25.8 Å². The van der Waals surface area contributed by atoms with Crippen LogP contribution in [0.15, 0.2) is 18.2 Å². The van der Waals surface area contributed by atoms with Crippen LogP contribution < -0.4 is 10.2 Å². The number of hydrogen-bond acceptors (Lipinski definition) is 2. The summed E-state index contributed by atoms with van der Waals surface area (Å²) in [6.45, 7) is 6.96. The molecule has 1 aliphatic rings. The van der Waals surface area contributed by atoms with Gasteiger partial charge in [0.25, 0.3) is 5.91 Å². The van der Waals surface area contributed by atoms with Crippen molar-refractivity contribution in [3.8, 4) is 6.07 Å². The molecule has 1 aliphatic heterocycles. The first kappa shape index (κ1) is 15.8. The van der Waals surface area contributed by atoms with Crippen LogP contribution in [0, 0.1) is 23.2 Å². The Kier molecular flexibility index (Phi) is 5.22. The minimum absolute atomic E-state index is 0.0648. The number of piperidine rings is 1. The number of anilines is 1. The highest BCUT2D eigenvalue weighted by Crippen LogP contribution is 2.20. The summed E-state index contributed by atoms with van der Waals surface area (Å²) in [5.41, 5.74) is 0.927. The van der Waals surface area contributed by atoms with Gasteiger partial charge < -0.3 is 10.2 Å². The number of halogens is 1. The fraction of sp³-hybridized carbons (Fsp3) is 0.500. The highest BCUT2D eigenvalue weighted by atomic mass is 35.5. The Morgan fingerprint density at radius 1 is 1.43 bits per heavy atom. The third-order valence-corrected chi connectivity index (χ3v) is 4.10. The van der Waals surface area contributed by atoms with Gasteiger partial charge in [-0.05, 0) is 24.6 Å². The van der Waals surface area contributed by atoms with E-state index < -0.39 is 0 Å². The Hall–Kier alpha value is -1.57. The number of nitrogens with one attached hydrogen (secondary N) is 2. The predicted octanol–water partition coefficient (Wildman–Crippen LogP) is 1.71. The third-order valence-electron chi connectivity index (χ3n) is 3.87. The maximum atomic E-state index is 12.2. The van der Waals surface area contributed by atoms with Crippen LogP contribution in [0.25, 0.3) is 0 Å². The molecule has 2 N–H and O–H groups in total. The molecule has 3 atom stereocenters. The number of quaternary nitrogens is 1. The topological polar surface area (TPSA) is 57.3 Å². The van der Waals surface area contributed by atoms with Crippen molar-refractivity contribution in [1.82, 2.24) is 0 Å². The zero-order chi connectivity index (χ0) is 15.4. The maximum absolute atomic E-state index is 12.2. The number of carbonyl (C=O) groups excluding carboxylic acids is 1. The van der Waals surface area contributed by atoms with Crippen LogP contribution in [0.5, 0.6) is 0 Å². The number of benzene rings is 1. The van der Waals surface area contributed by atoms with E-state index in [0.717, 1.165) is 13.1 Å². The van der Waals surface area contributed by atoms with E-state index in [2.05, 4.69) is 25.2 Å². The molecule has 0 bridgehead atoms. The molecule has 1 amide bonds. The fourth-order valence-corrected chi connectivity index (χ4v) is 3.38. The highest BCUT2D eigenvalue weighted by molar-refractivity contribution is 6.31. The van der Waals surface area contributed by atoms with Gasteiger partial charge >= 0.3 is 0 Å². The van der Waals surface area contributed by atoms with Crippen molar-refractivity contribution in [2.75, 3.05) is 25.0 Å². The van der Waals surface area contributed by atoms with Crippen molar-refractivity contribution >= 4 is 23.2 Å². The lowest BCUT2D eigenvalue weighted by atomic mass is 9.92. The molecule has 0 saturated carbocycles. The summed E-state index contributed by atoms with van der Waals surface area (Å²) in [5, 5.41) is 12.4. The number of carbonyl (C=O) groups is 1. The number of nitrogens with zero attached hydrogens (tertiary/aromatic N) is 1. The van der Waals surface area contributed by atoms with E-state index >= 15 is 0 Å². The number of nitriles is 1. The monoisotopic (exact) mass is 306 g/mol. The van der Waals surface area contributed by atoms with Crippen LogP contribution in [-0.2, 0) is 4.79 Å². The van der Waals surface area contributed by atoms with Gasteiger partial charge in [0.15, 0.2) is 6.54 Å². The van der Waals surface area contributed by atoms with E-state index in [0.29, 0.717) is 34.7 Å². The van der Waals surface area contributed by atoms with Crippen LogP contribution in [-0.4, -0.2) is 25.5 Å². The van der Waals surface area contributed by atoms with Crippen molar-refractivity contribution in [2.45, 2.75) is 20.3 Å². The van der Waals surface area contributed by atoms with Gasteiger partial charge in [-0.15, -0.1) is 0 Å². The van der Waals surface area contributed by atoms with Crippen molar-refractivity contribution in [2.24, 2.45) is 11.8 Å². The molecule has 2 rings (SSSR count). The van der Waals surface area contributed by atoms with Crippen LogP contribution in [0.2, 0.25) is 5.02 Å². The molecule has 0 radical (unpaired) electrons. The smallest absolute Gasteiger partial charge is 0.279 e. The molecule has 1 aromatic rings. The molecule has 1 fully saturated rings. The minimum atomic E-state index is -0.0648. The van der Waals surface area contributed by atoms with Gasteiger partial charge in [-0.3, -0.25) is 4.79 Å². The lowest BCUT2D eigenvalue weighted by molar-refractivity contribution is -0.904. The first-order chi connectivity index (χ1) is 9.97. The summed E-state index contributed by atoms with van der Waals surface area (Å²) in [4.78, 5) is 13.5. The van der Waals surface area contributed by atoms with Gasteiger partial charge in [-0.2, -0.15) is 5.26 Å². The predicted molar refractivity (Wildman–Crippen MR) is 83.3 cm³/mol. The zero-order valence-corrected chi connectivity index (χ0v) is 13.2. The molecule has 4 nitrogen and oxygen atoms in total. The standard InChI is InChI=1S/C16H20ClN3O/c1-11-5-12(2)9-20(8-11)10-16(21)19-15-6-14(17)4-3-13(15)7-18/h3-4,6,11-12H,5,8-10H2,1-2H3,(H,19,21)/p+1/t11-,12+. The molecule has 1 saturated heterocycles. The summed E-state index contributed by atoms with van der Waals surface area (Å²) in [6, 6.07) is 6.95. The first-order valence-electron chi connectivity index (χ1n) is 7.31. The van der Waals surface area contributed by atoms with Gasteiger partial charge in [-0.25, -0.2) is 0 Å². The van der Waals surface area contributed by atoms with Crippen LogP contribution >= 0.6 is 11.6 Å². The number of amides is 1. The average Bonchev–Trinajstić information content (AvgIpc) is 2.37. The fourth-order valence-electron chi connectivity index (χ4n) is 3.21. The van der Waals surface area contributed by atoms with E-state index in [4.69, 9.17) is 16.9 Å². The molecule has 0 spiro atoms. The van der Waals surface area contributed by atoms with E-state index in [1.54, 1.807) is 18.2 Å². The third kappa shape index (κ3) is 4.45. The summed E-state index contributed by atoms with van der Waals surface area (Å²) < 4.78 is 0. The Morgan fingerprint density at radius 2 is 2.10 bits per heavy atom. The second-order valence-electron chi connectivity index (χ2n) is 6.13. The van der Waals surface area contributed by atoms with Gasteiger partial charge in [0.05, 0.1) is 24.3 Å². The van der Waals surface area contributed by atoms with E-state index in [1.165, 1.54) is 11.3 Å². The largest absolute Gasteiger partial charge is 0.327 e. The number of hydrogen-bond donors (Lipinski definition) is 2. The molecule has 1 unspecified atom stereocenters. The lowest BCUT2D eigenvalue weighted by Gasteiger charge is -2.31. The van der Waals surface area contributed by atoms with Crippen LogP contribution in [0.3, 0.4) is 0 Å². The summed E-state index contributed by atoms with van der Waals surface area (Å²) >= 11 is 5.92. The van der Waals surface area contributed by atoms with Crippen molar-refractivity contribution in [3.05, 3.63) is 28.8 Å². The number of rotatable bonds is 3. The van der Waals surface area contributed by atoms with Gasteiger partial charge in [0, 0.05) is 16.9 Å². The molecule has 21 heavy (non-hydrogen) atoms. The van der Waals surface area contributed by atoms with Crippen molar-refractivity contribution in [1.29, 1.82) is 5.26 Å². The SMILES string of the molecule is C[C@@H]1C[C@H](C)C[NH+](CC(=O)Nc2cc(Cl)ccc2C#N)C1. The quantitative estimate of drug-likeness (QED) is 0.893. The Labute approximate surface area is 130 Å². The Bertz CT molecular complexity index is 557. The highest BCUT2D eigenvalue weighted by Gasteiger charge is 2.26. The van der Waals surface area contributed by atoms with E-state index in [9.17, 15) is 4.79 Å². The summed E-state index contributed by atoms with van der Waals surface area (Å²) in [7, 11) is 0. The molecule has 1 heterocycles. The molecule has 1 aromatic carbocycles. The lowest BCUT2D eigenvalue weighted by Crippen LogP contribution is -3.15. The van der Waals surface area contributed by atoms with E-state index in [-0.39, 0.29) is 5.91 Å². The average molecular weight is 307 g/mol. The maximum Gasteiger partial charge on any atom is 0.279 e. The minimum Gasteiger partial charge on any atom is -0.327 e. The van der Waals surface area contributed by atoms with Gasteiger partial charge in [0.2, 0.25) is 0 Å². The first-order valence-corrected chi connectivity index (χ1v) is 7.68. The van der Waals surface area contributed by atoms with Gasteiger partial charge in [-0.1, -0.05) is 25.4 Å². The molecule has 0 aliphatic carbocycles. The molecular weight excluding hydrogens is 286 g/mol.